The topological polar surface area (TPSA) is 56.8 Å². The Kier molecular flexibility index (Phi) is 4.79. The smallest absolute Gasteiger partial charge is 0.253 e. The lowest BCUT2D eigenvalue weighted by atomic mass is 10.1. The highest BCUT2D eigenvalue weighted by Crippen LogP contribution is 2.30. The number of carbonyl (C=O) groups excluding carboxylic acids is 2. The zero-order valence-electron chi connectivity index (χ0n) is 15.6. The van der Waals surface area contributed by atoms with Gasteiger partial charge in [0.2, 0.25) is 5.91 Å². The number of benzene rings is 1. The average molecular weight is 364 g/mol. The summed E-state index contributed by atoms with van der Waals surface area (Å²) in [5, 5.41) is 0. The molecule has 6 nitrogen and oxygen atoms in total. The van der Waals surface area contributed by atoms with Gasteiger partial charge in [0.25, 0.3) is 5.91 Å². The molecule has 27 heavy (non-hydrogen) atoms. The van der Waals surface area contributed by atoms with Gasteiger partial charge < -0.3 is 14.7 Å². The summed E-state index contributed by atoms with van der Waals surface area (Å²) in [6, 6.07) is 11.6. The lowest BCUT2D eigenvalue weighted by molar-refractivity contribution is -0.118. The van der Waals surface area contributed by atoms with Gasteiger partial charge in [-0.25, -0.2) is 4.98 Å². The maximum atomic E-state index is 12.9. The Morgan fingerprint density at radius 1 is 1.04 bits per heavy atom. The average Bonchev–Trinajstić information content (AvgIpc) is 3.16. The van der Waals surface area contributed by atoms with Gasteiger partial charge in [-0.05, 0) is 42.3 Å². The zero-order chi connectivity index (χ0) is 18.8. The third-order valence-corrected chi connectivity index (χ3v) is 5.37. The van der Waals surface area contributed by atoms with Crippen molar-refractivity contribution in [2.75, 3.05) is 42.5 Å². The third-order valence-electron chi connectivity index (χ3n) is 5.37. The molecule has 1 fully saturated rings. The minimum absolute atomic E-state index is 0.0683. The number of fused-ring (bicyclic) bond motifs is 1. The Labute approximate surface area is 159 Å². The van der Waals surface area contributed by atoms with Crippen LogP contribution < -0.4 is 9.80 Å². The standard InChI is InChI=1S/C21H24N4O2/c1-2-20(26)25-10-8-16-15-17(6-7-18(16)25)21(27)24-13-11-23(12-14-24)19-5-3-4-9-22-19/h3-7,9,15H,2,8,10-14H2,1H3. The summed E-state index contributed by atoms with van der Waals surface area (Å²) in [7, 11) is 0. The van der Waals surface area contributed by atoms with Gasteiger partial charge >= 0.3 is 0 Å². The first-order valence-electron chi connectivity index (χ1n) is 9.56. The normalized spacial score (nSPS) is 16.4. The van der Waals surface area contributed by atoms with Crippen LogP contribution in [-0.2, 0) is 11.2 Å². The lowest BCUT2D eigenvalue weighted by Crippen LogP contribution is -2.49. The van der Waals surface area contributed by atoms with E-state index in [0.717, 1.165) is 36.6 Å². The Morgan fingerprint density at radius 3 is 2.56 bits per heavy atom. The SMILES string of the molecule is CCC(=O)N1CCc2cc(C(=O)N3CCN(c4ccccn4)CC3)ccc21. The van der Waals surface area contributed by atoms with Gasteiger partial charge in [0, 0.05) is 56.6 Å². The van der Waals surface area contributed by atoms with Crippen molar-refractivity contribution in [2.45, 2.75) is 19.8 Å². The number of piperazine rings is 1. The first-order valence-corrected chi connectivity index (χ1v) is 9.56. The van der Waals surface area contributed by atoms with Gasteiger partial charge in [-0.15, -0.1) is 0 Å². The van der Waals surface area contributed by atoms with Crippen LogP contribution in [0.25, 0.3) is 0 Å². The van der Waals surface area contributed by atoms with E-state index < -0.39 is 0 Å². The number of amides is 2. The molecular weight excluding hydrogens is 340 g/mol. The molecule has 0 bridgehead atoms. The fourth-order valence-electron chi connectivity index (χ4n) is 3.85. The number of aromatic nitrogens is 1. The molecule has 0 N–H and O–H groups in total. The van der Waals surface area contributed by atoms with Crippen LogP contribution in [0, 0.1) is 0 Å². The van der Waals surface area contributed by atoms with E-state index >= 15 is 0 Å². The highest BCUT2D eigenvalue weighted by molar-refractivity contribution is 5.98. The summed E-state index contributed by atoms with van der Waals surface area (Å²) >= 11 is 0. The van der Waals surface area contributed by atoms with Crippen molar-refractivity contribution >= 4 is 23.3 Å². The van der Waals surface area contributed by atoms with Crippen molar-refractivity contribution in [1.82, 2.24) is 9.88 Å². The van der Waals surface area contributed by atoms with Crippen LogP contribution in [0.1, 0.15) is 29.3 Å². The second kappa shape index (κ2) is 7.39. The molecule has 0 radical (unpaired) electrons. The molecule has 2 aliphatic heterocycles. The predicted molar refractivity (Wildman–Crippen MR) is 105 cm³/mol. The first-order chi connectivity index (χ1) is 13.2. The summed E-state index contributed by atoms with van der Waals surface area (Å²) in [6.07, 6.45) is 3.11. The summed E-state index contributed by atoms with van der Waals surface area (Å²) < 4.78 is 0. The van der Waals surface area contributed by atoms with Gasteiger partial charge in [0.1, 0.15) is 5.82 Å². The number of pyridine rings is 1. The van der Waals surface area contributed by atoms with Gasteiger partial charge in [-0.1, -0.05) is 13.0 Å². The van der Waals surface area contributed by atoms with Crippen LogP contribution in [0.3, 0.4) is 0 Å². The number of hydrogen-bond donors (Lipinski definition) is 0. The molecule has 2 aromatic rings. The minimum Gasteiger partial charge on any atom is -0.353 e. The molecule has 0 aliphatic carbocycles. The second-order valence-electron chi connectivity index (χ2n) is 6.96. The van der Waals surface area contributed by atoms with Crippen LogP contribution in [-0.4, -0.2) is 54.4 Å². The van der Waals surface area contributed by atoms with Gasteiger partial charge in [0.05, 0.1) is 0 Å². The molecule has 0 unspecified atom stereocenters. The fourth-order valence-corrected chi connectivity index (χ4v) is 3.85. The first kappa shape index (κ1) is 17.5. The maximum absolute atomic E-state index is 12.9. The fraction of sp³-hybridized carbons (Fsp3) is 0.381. The number of nitrogens with zero attached hydrogens (tertiary/aromatic N) is 4. The molecule has 1 aromatic carbocycles. The Morgan fingerprint density at radius 2 is 1.85 bits per heavy atom. The molecule has 3 heterocycles. The molecule has 2 amide bonds. The maximum Gasteiger partial charge on any atom is 0.253 e. The Bertz CT molecular complexity index is 845. The number of hydrogen-bond acceptors (Lipinski definition) is 4. The van der Waals surface area contributed by atoms with Crippen molar-refractivity contribution in [3.05, 3.63) is 53.7 Å². The zero-order valence-corrected chi connectivity index (χ0v) is 15.6. The summed E-state index contributed by atoms with van der Waals surface area (Å²) in [6.45, 7) is 5.53. The Hall–Kier alpha value is -2.89. The van der Waals surface area contributed by atoms with Crippen molar-refractivity contribution < 1.29 is 9.59 Å². The number of anilines is 2. The van der Waals surface area contributed by atoms with E-state index in [-0.39, 0.29) is 11.8 Å². The van der Waals surface area contributed by atoms with Crippen molar-refractivity contribution in [3.63, 3.8) is 0 Å². The molecule has 2 aliphatic rings. The van der Waals surface area contributed by atoms with Crippen molar-refractivity contribution in [1.29, 1.82) is 0 Å². The second-order valence-corrected chi connectivity index (χ2v) is 6.96. The highest BCUT2D eigenvalue weighted by Gasteiger charge is 2.27. The summed E-state index contributed by atoms with van der Waals surface area (Å²) in [5.41, 5.74) is 2.76. The monoisotopic (exact) mass is 364 g/mol. The lowest BCUT2D eigenvalue weighted by Gasteiger charge is -2.35. The molecule has 0 saturated carbocycles. The molecule has 140 valence electrons. The number of carbonyl (C=O) groups is 2. The van der Waals surface area contributed by atoms with Crippen molar-refractivity contribution in [3.8, 4) is 0 Å². The minimum atomic E-state index is 0.0683. The van der Waals surface area contributed by atoms with Crippen LogP contribution in [0.2, 0.25) is 0 Å². The van der Waals surface area contributed by atoms with Gasteiger partial charge in [-0.2, -0.15) is 0 Å². The van der Waals surface area contributed by atoms with Gasteiger partial charge in [-0.3, -0.25) is 9.59 Å². The highest BCUT2D eigenvalue weighted by atomic mass is 16.2. The summed E-state index contributed by atoms with van der Waals surface area (Å²) in [5.74, 6) is 1.17. The summed E-state index contributed by atoms with van der Waals surface area (Å²) in [4.78, 5) is 35.3. The molecule has 0 atom stereocenters. The number of rotatable bonds is 3. The van der Waals surface area contributed by atoms with E-state index in [1.54, 1.807) is 6.20 Å². The predicted octanol–water partition coefficient (Wildman–Crippen LogP) is 2.34. The molecule has 4 rings (SSSR count). The van der Waals surface area contributed by atoms with Crippen LogP contribution in [0.5, 0.6) is 0 Å². The molecular formula is C21H24N4O2. The Balaban J connectivity index is 1.43. The van der Waals surface area contributed by atoms with E-state index in [1.807, 2.05) is 53.1 Å². The van der Waals surface area contributed by atoms with E-state index in [4.69, 9.17) is 0 Å². The third kappa shape index (κ3) is 3.39. The largest absolute Gasteiger partial charge is 0.353 e. The van der Waals surface area contributed by atoms with Crippen LogP contribution >= 0.6 is 0 Å². The van der Waals surface area contributed by atoms with Crippen molar-refractivity contribution in [2.24, 2.45) is 0 Å². The molecule has 1 saturated heterocycles. The van der Waals surface area contributed by atoms with Crippen LogP contribution in [0.15, 0.2) is 42.6 Å². The van der Waals surface area contributed by atoms with Gasteiger partial charge in [0.15, 0.2) is 0 Å². The van der Waals surface area contributed by atoms with E-state index in [1.165, 1.54) is 0 Å². The van der Waals surface area contributed by atoms with E-state index in [2.05, 4.69) is 9.88 Å². The quantitative estimate of drug-likeness (QED) is 0.839. The molecule has 6 heteroatoms. The van der Waals surface area contributed by atoms with Crippen LogP contribution in [0.4, 0.5) is 11.5 Å². The van der Waals surface area contributed by atoms with E-state index in [9.17, 15) is 9.59 Å². The molecule has 0 spiro atoms. The molecule has 1 aromatic heterocycles. The van der Waals surface area contributed by atoms with E-state index in [0.29, 0.717) is 31.6 Å².